The van der Waals surface area contributed by atoms with E-state index in [4.69, 9.17) is 14.7 Å². The second-order valence-corrected chi connectivity index (χ2v) is 7.27. The fourth-order valence-corrected chi connectivity index (χ4v) is 3.03. The standard InChI is InChI=1S/C21H24BrN3O3/c1-4-27-19-12-16(13-23)11-18(22)21(19)28-14-20(26)24-17-7-5-15(6-8-17)9-10-25(2)3/h5-8,11-12H,4,9-10,14H2,1-3H3,(H,24,26). The molecule has 1 N–H and O–H groups in total. The van der Waals surface area contributed by atoms with Gasteiger partial charge in [0, 0.05) is 18.3 Å². The van der Waals surface area contributed by atoms with Crippen molar-refractivity contribution in [3.63, 3.8) is 0 Å². The minimum Gasteiger partial charge on any atom is -0.490 e. The van der Waals surface area contributed by atoms with Gasteiger partial charge in [0.25, 0.3) is 5.91 Å². The lowest BCUT2D eigenvalue weighted by Crippen LogP contribution is -2.20. The molecule has 2 aromatic carbocycles. The topological polar surface area (TPSA) is 74.6 Å². The Morgan fingerprint density at radius 1 is 1.21 bits per heavy atom. The number of anilines is 1. The third-order valence-corrected chi connectivity index (χ3v) is 4.46. The van der Waals surface area contributed by atoms with E-state index in [2.05, 4.69) is 32.2 Å². The summed E-state index contributed by atoms with van der Waals surface area (Å²) in [4.78, 5) is 14.4. The van der Waals surface area contributed by atoms with Gasteiger partial charge in [0.05, 0.1) is 22.7 Å². The predicted octanol–water partition coefficient (Wildman–Crippen LogP) is 3.84. The number of nitrogens with zero attached hydrogens (tertiary/aromatic N) is 2. The van der Waals surface area contributed by atoms with Crippen LogP contribution in [-0.2, 0) is 11.2 Å². The number of hydrogen-bond acceptors (Lipinski definition) is 5. The molecule has 0 saturated carbocycles. The van der Waals surface area contributed by atoms with Gasteiger partial charge in [-0.1, -0.05) is 12.1 Å². The van der Waals surface area contributed by atoms with Gasteiger partial charge in [0.2, 0.25) is 0 Å². The average Bonchev–Trinajstić information content (AvgIpc) is 2.66. The lowest BCUT2D eigenvalue weighted by Gasteiger charge is -2.14. The van der Waals surface area contributed by atoms with Crippen LogP contribution in [0, 0.1) is 11.3 Å². The molecule has 2 rings (SSSR count). The lowest BCUT2D eigenvalue weighted by molar-refractivity contribution is -0.118. The zero-order valence-corrected chi connectivity index (χ0v) is 17.9. The van der Waals surface area contributed by atoms with E-state index in [-0.39, 0.29) is 12.5 Å². The molecule has 0 aliphatic heterocycles. The van der Waals surface area contributed by atoms with E-state index >= 15 is 0 Å². The van der Waals surface area contributed by atoms with Crippen LogP contribution in [0.5, 0.6) is 11.5 Å². The zero-order chi connectivity index (χ0) is 20.5. The predicted molar refractivity (Wildman–Crippen MR) is 113 cm³/mol. The molecule has 1 amide bonds. The number of hydrogen-bond donors (Lipinski definition) is 1. The molecule has 6 nitrogen and oxygen atoms in total. The third-order valence-electron chi connectivity index (χ3n) is 3.87. The molecule has 0 aromatic heterocycles. The summed E-state index contributed by atoms with van der Waals surface area (Å²) in [6.07, 6.45) is 0.956. The van der Waals surface area contributed by atoms with Crippen LogP contribution in [-0.4, -0.2) is 44.7 Å². The first kappa shape index (κ1) is 21.7. The molecule has 0 spiro atoms. The van der Waals surface area contributed by atoms with Crippen LogP contribution in [0.1, 0.15) is 18.1 Å². The number of halogens is 1. The van der Waals surface area contributed by atoms with Gasteiger partial charge in [0.15, 0.2) is 18.1 Å². The maximum absolute atomic E-state index is 12.2. The molecule has 148 valence electrons. The van der Waals surface area contributed by atoms with E-state index in [0.29, 0.717) is 33.8 Å². The van der Waals surface area contributed by atoms with E-state index in [9.17, 15) is 4.79 Å². The van der Waals surface area contributed by atoms with Crippen molar-refractivity contribution in [2.45, 2.75) is 13.3 Å². The molecule has 0 aliphatic rings. The fourth-order valence-electron chi connectivity index (χ4n) is 2.48. The largest absolute Gasteiger partial charge is 0.490 e. The number of carbonyl (C=O) groups is 1. The highest BCUT2D eigenvalue weighted by molar-refractivity contribution is 9.10. The van der Waals surface area contributed by atoms with Gasteiger partial charge in [0.1, 0.15) is 0 Å². The van der Waals surface area contributed by atoms with Crippen LogP contribution in [0.15, 0.2) is 40.9 Å². The highest BCUT2D eigenvalue weighted by Crippen LogP contribution is 2.36. The molecule has 0 bridgehead atoms. The highest BCUT2D eigenvalue weighted by Gasteiger charge is 2.14. The Morgan fingerprint density at radius 2 is 1.93 bits per heavy atom. The van der Waals surface area contributed by atoms with Gasteiger partial charge in [-0.25, -0.2) is 0 Å². The number of benzene rings is 2. The average molecular weight is 446 g/mol. The Kier molecular flexibility index (Phi) is 8.30. The number of likely N-dealkylation sites (N-methyl/N-ethyl adjacent to an activating group) is 1. The summed E-state index contributed by atoms with van der Waals surface area (Å²) in [7, 11) is 4.08. The molecule has 0 saturated heterocycles. The number of carbonyl (C=O) groups excluding carboxylic acids is 1. The van der Waals surface area contributed by atoms with Crippen LogP contribution in [0.3, 0.4) is 0 Å². The van der Waals surface area contributed by atoms with Gasteiger partial charge in [-0.05, 0) is 67.1 Å². The van der Waals surface area contributed by atoms with Gasteiger partial charge in [-0.3, -0.25) is 4.79 Å². The molecule has 28 heavy (non-hydrogen) atoms. The minimum atomic E-state index is -0.278. The molecular weight excluding hydrogens is 422 g/mol. The number of nitrogens with one attached hydrogen (secondary N) is 1. The Bertz CT molecular complexity index is 845. The summed E-state index contributed by atoms with van der Waals surface area (Å²) in [5.41, 5.74) is 2.37. The summed E-state index contributed by atoms with van der Waals surface area (Å²) in [6.45, 7) is 3.06. The molecule has 7 heteroatoms. The molecule has 0 heterocycles. The molecule has 0 unspecified atom stereocenters. The number of nitriles is 1. The molecular formula is C21H24BrN3O3. The van der Waals surface area contributed by atoms with E-state index < -0.39 is 0 Å². The number of rotatable bonds is 9. The number of ether oxygens (including phenoxy) is 2. The highest BCUT2D eigenvalue weighted by atomic mass is 79.9. The van der Waals surface area contributed by atoms with Crippen molar-refractivity contribution in [1.29, 1.82) is 5.26 Å². The van der Waals surface area contributed by atoms with E-state index in [1.807, 2.05) is 45.3 Å². The van der Waals surface area contributed by atoms with E-state index in [1.54, 1.807) is 12.1 Å². The SMILES string of the molecule is CCOc1cc(C#N)cc(Br)c1OCC(=O)Nc1ccc(CCN(C)C)cc1. The van der Waals surface area contributed by atoms with Crippen molar-refractivity contribution in [1.82, 2.24) is 4.90 Å². The van der Waals surface area contributed by atoms with Crippen LogP contribution in [0.2, 0.25) is 0 Å². The summed E-state index contributed by atoms with van der Waals surface area (Å²) >= 11 is 3.37. The maximum atomic E-state index is 12.2. The zero-order valence-electron chi connectivity index (χ0n) is 16.3. The van der Waals surface area contributed by atoms with Crippen LogP contribution in [0.25, 0.3) is 0 Å². The smallest absolute Gasteiger partial charge is 0.262 e. The molecule has 0 fully saturated rings. The van der Waals surface area contributed by atoms with Crippen molar-refractivity contribution >= 4 is 27.5 Å². The number of amides is 1. The monoisotopic (exact) mass is 445 g/mol. The van der Waals surface area contributed by atoms with Crippen molar-refractivity contribution in [2.24, 2.45) is 0 Å². The first-order valence-corrected chi connectivity index (χ1v) is 9.75. The molecule has 0 radical (unpaired) electrons. The molecule has 0 atom stereocenters. The maximum Gasteiger partial charge on any atom is 0.262 e. The molecule has 0 aliphatic carbocycles. The summed E-state index contributed by atoms with van der Waals surface area (Å²) in [5, 5.41) is 11.9. The van der Waals surface area contributed by atoms with E-state index in [0.717, 1.165) is 13.0 Å². The summed E-state index contributed by atoms with van der Waals surface area (Å²) < 4.78 is 11.7. The van der Waals surface area contributed by atoms with Crippen LogP contribution in [0.4, 0.5) is 5.69 Å². The normalized spacial score (nSPS) is 10.4. The summed E-state index contributed by atoms with van der Waals surface area (Å²) in [6, 6.07) is 13.1. The first-order chi connectivity index (χ1) is 13.4. The Labute approximate surface area is 174 Å². The Balaban J connectivity index is 1.96. The van der Waals surface area contributed by atoms with Gasteiger partial charge in [-0.15, -0.1) is 0 Å². The fraction of sp³-hybridized carbons (Fsp3) is 0.333. The minimum absolute atomic E-state index is 0.174. The van der Waals surface area contributed by atoms with Crippen LogP contribution < -0.4 is 14.8 Å². The second kappa shape index (κ2) is 10.7. The molecule has 2 aromatic rings. The van der Waals surface area contributed by atoms with Gasteiger partial charge < -0.3 is 19.7 Å². The first-order valence-electron chi connectivity index (χ1n) is 8.95. The quantitative estimate of drug-likeness (QED) is 0.634. The van der Waals surface area contributed by atoms with Gasteiger partial charge in [-0.2, -0.15) is 5.26 Å². The second-order valence-electron chi connectivity index (χ2n) is 6.42. The Hall–Kier alpha value is -2.56. The lowest BCUT2D eigenvalue weighted by atomic mass is 10.1. The Morgan fingerprint density at radius 3 is 2.54 bits per heavy atom. The van der Waals surface area contributed by atoms with E-state index in [1.165, 1.54) is 5.56 Å². The van der Waals surface area contributed by atoms with Gasteiger partial charge >= 0.3 is 0 Å². The summed E-state index contributed by atoms with van der Waals surface area (Å²) in [5.74, 6) is 0.543. The third kappa shape index (κ3) is 6.55. The van der Waals surface area contributed by atoms with Crippen molar-refractivity contribution in [3.05, 3.63) is 52.0 Å². The van der Waals surface area contributed by atoms with Crippen LogP contribution >= 0.6 is 15.9 Å². The van der Waals surface area contributed by atoms with Crippen molar-refractivity contribution in [2.75, 3.05) is 39.2 Å². The van der Waals surface area contributed by atoms with Crippen molar-refractivity contribution < 1.29 is 14.3 Å². The van der Waals surface area contributed by atoms with Crippen molar-refractivity contribution in [3.8, 4) is 17.6 Å².